The van der Waals surface area contributed by atoms with Gasteiger partial charge in [0, 0.05) is 21.6 Å². The minimum atomic E-state index is -4.93. The van der Waals surface area contributed by atoms with E-state index in [1.807, 2.05) is 0 Å². The molecule has 0 saturated carbocycles. The molecule has 0 fully saturated rings. The summed E-state index contributed by atoms with van der Waals surface area (Å²) in [6.07, 6.45) is -3.54. The zero-order valence-corrected chi connectivity index (χ0v) is 18.2. The maximum absolute atomic E-state index is 14.0. The summed E-state index contributed by atoms with van der Waals surface area (Å²) in [6, 6.07) is 10.0. The third-order valence-electron chi connectivity index (χ3n) is 4.97. The lowest BCUT2D eigenvalue weighted by molar-refractivity contribution is -0.234. The number of H-pyrrole nitrogens is 1. The number of aliphatic hydroxyl groups is 1. The molecule has 5 nitrogen and oxygen atoms in total. The number of fused-ring (bicyclic) bond motifs is 1. The third kappa shape index (κ3) is 4.37. The standard InChI is InChI=1S/C21H21BrF3N3O2/c1-19(2,15-9-13(22)7-8-18(15)30-3)11-20(29,21(23,24)25)12-26-16-5-4-6-17-14(16)10-27-28-17/h4-10,12,29H,11H2,1-3H3,(H,27,28)/b26-12+. The van der Waals surface area contributed by atoms with Crippen molar-refractivity contribution in [1.29, 1.82) is 0 Å². The Kier molecular flexibility index (Phi) is 5.97. The number of methoxy groups -OCH3 is 1. The Morgan fingerprint density at radius 1 is 1.23 bits per heavy atom. The molecule has 3 aromatic rings. The number of hydrogen-bond acceptors (Lipinski definition) is 4. The second-order valence-corrected chi connectivity index (χ2v) is 8.61. The molecule has 2 aromatic carbocycles. The van der Waals surface area contributed by atoms with Crippen molar-refractivity contribution in [2.24, 2.45) is 4.99 Å². The van der Waals surface area contributed by atoms with Crippen LogP contribution in [0.5, 0.6) is 5.75 Å². The number of aromatic amines is 1. The topological polar surface area (TPSA) is 70.5 Å². The number of ether oxygens (including phenoxy) is 1. The number of alkyl halides is 3. The number of nitrogens with zero attached hydrogens (tertiary/aromatic N) is 2. The highest BCUT2D eigenvalue weighted by Crippen LogP contribution is 2.43. The summed E-state index contributed by atoms with van der Waals surface area (Å²) in [5, 5.41) is 17.9. The zero-order valence-electron chi connectivity index (χ0n) is 16.6. The van der Waals surface area contributed by atoms with Gasteiger partial charge in [0.25, 0.3) is 0 Å². The van der Waals surface area contributed by atoms with Gasteiger partial charge in [-0.3, -0.25) is 10.1 Å². The van der Waals surface area contributed by atoms with E-state index < -0.39 is 23.6 Å². The molecule has 0 spiro atoms. The predicted molar refractivity (Wildman–Crippen MR) is 114 cm³/mol. The fourth-order valence-electron chi connectivity index (χ4n) is 3.44. The number of aromatic nitrogens is 2. The van der Waals surface area contributed by atoms with Crippen LogP contribution in [-0.4, -0.2) is 40.4 Å². The first-order valence-corrected chi connectivity index (χ1v) is 9.87. The van der Waals surface area contributed by atoms with Crippen molar-refractivity contribution < 1.29 is 23.0 Å². The van der Waals surface area contributed by atoms with Gasteiger partial charge in [-0.05, 0) is 42.2 Å². The van der Waals surface area contributed by atoms with Crippen LogP contribution in [-0.2, 0) is 5.41 Å². The van der Waals surface area contributed by atoms with E-state index in [9.17, 15) is 18.3 Å². The average molecular weight is 484 g/mol. The van der Waals surface area contributed by atoms with Crippen LogP contribution in [0.15, 0.2) is 52.1 Å². The molecule has 1 atom stereocenters. The first kappa shape index (κ1) is 22.3. The van der Waals surface area contributed by atoms with Gasteiger partial charge in [-0.1, -0.05) is 35.8 Å². The Morgan fingerprint density at radius 3 is 2.63 bits per heavy atom. The number of hydrogen-bond donors (Lipinski definition) is 2. The van der Waals surface area contributed by atoms with Gasteiger partial charge in [0.1, 0.15) is 5.75 Å². The molecular weight excluding hydrogens is 463 g/mol. The van der Waals surface area contributed by atoms with E-state index in [0.29, 0.717) is 32.9 Å². The molecule has 9 heteroatoms. The van der Waals surface area contributed by atoms with Gasteiger partial charge in [-0.25, -0.2) is 0 Å². The molecule has 1 heterocycles. The molecular formula is C21H21BrF3N3O2. The van der Waals surface area contributed by atoms with E-state index >= 15 is 0 Å². The molecule has 0 radical (unpaired) electrons. The molecule has 160 valence electrons. The van der Waals surface area contributed by atoms with Crippen LogP contribution in [0.1, 0.15) is 25.8 Å². The van der Waals surface area contributed by atoms with Crippen molar-refractivity contribution in [2.75, 3.05) is 7.11 Å². The molecule has 30 heavy (non-hydrogen) atoms. The molecule has 3 rings (SSSR count). The first-order valence-electron chi connectivity index (χ1n) is 9.07. The van der Waals surface area contributed by atoms with Gasteiger partial charge in [0.05, 0.1) is 24.5 Å². The predicted octanol–water partition coefficient (Wildman–Crippen LogP) is 5.70. The molecule has 0 bridgehead atoms. The molecule has 0 aliphatic heterocycles. The van der Waals surface area contributed by atoms with Crippen molar-refractivity contribution in [2.45, 2.75) is 37.5 Å². The minimum Gasteiger partial charge on any atom is -0.496 e. The second kappa shape index (κ2) is 8.03. The van der Waals surface area contributed by atoms with Crippen LogP contribution < -0.4 is 4.74 Å². The quantitative estimate of drug-likeness (QED) is 0.442. The number of nitrogens with one attached hydrogen (secondary N) is 1. The average Bonchev–Trinajstić information content (AvgIpc) is 3.14. The zero-order chi connectivity index (χ0) is 22.2. The molecule has 0 aliphatic carbocycles. The van der Waals surface area contributed by atoms with Crippen molar-refractivity contribution in [3.05, 3.63) is 52.6 Å². The van der Waals surface area contributed by atoms with Gasteiger partial charge in [0.15, 0.2) is 5.60 Å². The fraction of sp³-hybridized carbons (Fsp3) is 0.333. The summed E-state index contributed by atoms with van der Waals surface area (Å²) >= 11 is 3.34. The van der Waals surface area contributed by atoms with Crippen molar-refractivity contribution in [1.82, 2.24) is 10.2 Å². The smallest absolute Gasteiger partial charge is 0.422 e. The molecule has 2 N–H and O–H groups in total. The Balaban J connectivity index is 2.02. The maximum Gasteiger partial charge on any atom is 0.422 e. The molecule has 0 aliphatic rings. The Bertz CT molecular complexity index is 1080. The molecule has 1 aromatic heterocycles. The Hall–Kier alpha value is -2.39. The summed E-state index contributed by atoms with van der Waals surface area (Å²) in [4.78, 5) is 3.99. The molecule has 0 amide bonds. The van der Waals surface area contributed by atoms with Gasteiger partial charge < -0.3 is 9.84 Å². The normalized spacial score (nSPS) is 14.9. The Labute approximate surface area is 180 Å². The third-order valence-corrected chi connectivity index (χ3v) is 5.47. The summed E-state index contributed by atoms with van der Waals surface area (Å²) in [5.41, 5.74) is -2.79. The van der Waals surface area contributed by atoms with E-state index in [2.05, 4.69) is 31.1 Å². The maximum atomic E-state index is 14.0. The fourth-order valence-corrected chi connectivity index (χ4v) is 3.80. The van der Waals surface area contributed by atoms with Crippen LogP contribution in [0.4, 0.5) is 18.9 Å². The first-order chi connectivity index (χ1) is 14.0. The molecule has 0 saturated heterocycles. The van der Waals surface area contributed by atoms with E-state index in [-0.39, 0.29) is 5.69 Å². The minimum absolute atomic E-state index is 0.279. The largest absolute Gasteiger partial charge is 0.496 e. The molecule has 1 unspecified atom stereocenters. The van der Waals surface area contributed by atoms with E-state index in [4.69, 9.17) is 4.74 Å². The highest BCUT2D eigenvalue weighted by atomic mass is 79.9. The van der Waals surface area contributed by atoms with Gasteiger partial charge in [-0.15, -0.1) is 0 Å². The number of aliphatic imine (C=N–C) groups is 1. The summed E-state index contributed by atoms with van der Waals surface area (Å²) < 4.78 is 47.9. The highest BCUT2D eigenvalue weighted by Gasteiger charge is 2.55. The monoisotopic (exact) mass is 483 g/mol. The van der Waals surface area contributed by atoms with E-state index in [1.54, 1.807) is 50.2 Å². The van der Waals surface area contributed by atoms with Crippen molar-refractivity contribution >= 4 is 38.7 Å². The number of halogens is 4. The van der Waals surface area contributed by atoms with E-state index in [1.165, 1.54) is 13.3 Å². The SMILES string of the molecule is COc1ccc(Br)cc1C(C)(C)CC(O)(/C=N/c1cccc2[nH]ncc12)C(F)(F)F. The van der Waals surface area contributed by atoms with Gasteiger partial charge >= 0.3 is 6.18 Å². The van der Waals surface area contributed by atoms with Gasteiger partial charge in [-0.2, -0.15) is 18.3 Å². The lowest BCUT2D eigenvalue weighted by Gasteiger charge is -2.36. The van der Waals surface area contributed by atoms with Crippen LogP contribution in [0.2, 0.25) is 0 Å². The van der Waals surface area contributed by atoms with E-state index in [0.717, 1.165) is 0 Å². The summed E-state index contributed by atoms with van der Waals surface area (Å²) in [5.74, 6) is 0.438. The highest BCUT2D eigenvalue weighted by molar-refractivity contribution is 9.10. The number of benzene rings is 2. The van der Waals surface area contributed by atoms with Crippen molar-refractivity contribution in [3.8, 4) is 5.75 Å². The van der Waals surface area contributed by atoms with Crippen LogP contribution >= 0.6 is 15.9 Å². The van der Waals surface area contributed by atoms with Crippen molar-refractivity contribution in [3.63, 3.8) is 0 Å². The van der Waals surface area contributed by atoms with Crippen LogP contribution in [0, 0.1) is 0 Å². The summed E-state index contributed by atoms with van der Waals surface area (Å²) in [7, 11) is 1.45. The lowest BCUT2D eigenvalue weighted by atomic mass is 9.75. The lowest BCUT2D eigenvalue weighted by Crippen LogP contribution is -2.50. The Morgan fingerprint density at radius 2 is 1.97 bits per heavy atom. The second-order valence-electron chi connectivity index (χ2n) is 7.69. The number of rotatable bonds is 6. The summed E-state index contributed by atoms with van der Waals surface area (Å²) in [6.45, 7) is 3.25. The van der Waals surface area contributed by atoms with Crippen LogP contribution in [0.3, 0.4) is 0 Å². The van der Waals surface area contributed by atoms with Crippen LogP contribution in [0.25, 0.3) is 10.9 Å². The van der Waals surface area contributed by atoms with Gasteiger partial charge in [0.2, 0.25) is 0 Å².